The Bertz CT molecular complexity index is 66.0. The molecule has 0 rings (SSSR count). The molecule has 12 heavy (non-hydrogen) atoms. The highest BCUT2D eigenvalue weighted by molar-refractivity contribution is 4.70. The van der Waals surface area contributed by atoms with E-state index in [0.29, 0.717) is 18.1 Å². The van der Waals surface area contributed by atoms with Crippen LogP contribution in [0.5, 0.6) is 0 Å². The van der Waals surface area contributed by atoms with E-state index in [1.807, 2.05) is 13.8 Å². The van der Waals surface area contributed by atoms with Crippen LogP contribution >= 0.6 is 0 Å². The van der Waals surface area contributed by atoms with E-state index in [1.165, 1.54) is 0 Å². The van der Waals surface area contributed by atoms with Gasteiger partial charge in [0.05, 0.1) is 0 Å². The van der Waals surface area contributed by atoms with E-state index in [-0.39, 0.29) is 0 Å². The quantitative estimate of drug-likeness (QED) is 0.631. The molecule has 0 unspecified atom stereocenters. The first kappa shape index (κ1) is 14.5. The lowest BCUT2D eigenvalue weighted by atomic mass is 10.2. The van der Waals surface area contributed by atoms with E-state index in [1.54, 1.807) is 0 Å². The highest BCUT2D eigenvalue weighted by Gasteiger charge is 2.15. The van der Waals surface area contributed by atoms with Gasteiger partial charge in [-0.25, -0.2) is 0 Å². The third-order valence-electron chi connectivity index (χ3n) is 1.79. The second kappa shape index (κ2) is 7.60. The van der Waals surface area contributed by atoms with E-state index in [0.717, 1.165) is 0 Å². The van der Waals surface area contributed by atoms with Gasteiger partial charge in [-0.2, -0.15) is 0 Å². The van der Waals surface area contributed by atoms with Crippen molar-refractivity contribution in [1.82, 2.24) is 4.90 Å². The lowest BCUT2D eigenvalue weighted by molar-refractivity contribution is 0.133. The van der Waals surface area contributed by atoms with Crippen molar-refractivity contribution >= 4 is 0 Å². The molecule has 0 aromatic rings. The van der Waals surface area contributed by atoms with Gasteiger partial charge in [-0.05, 0) is 41.5 Å². The number of rotatable bonds is 3. The van der Waals surface area contributed by atoms with E-state index < -0.39 is 0 Å². The van der Waals surface area contributed by atoms with Crippen LogP contribution in [0.2, 0.25) is 0 Å². The molecular weight excluding hydrogens is 146 g/mol. The van der Waals surface area contributed by atoms with Gasteiger partial charge in [0.2, 0.25) is 0 Å². The van der Waals surface area contributed by atoms with Crippen LogP contribution in [-0.2, 0) is 0 Å². The number of hydrogen-bond donors (Lipinski definition) is 0. The normalized spacial score (nSPS) is 11.0. The van der Waals surface area contributed by atoms with Crippen molar-refractivity contribution in [3.63, 3.8) is 0 Å². The Kier molecular flexibility index (Phi) is 9.17. The first-order valence-electron chi connectivity index (χ1n) is 5.24. The average Bonchev–Trinajstić information content (AvgIpc) is 1.88. The van der Waals surface area contributed by atoms with Gasteiger partial charge in [-0.15, -0.1) is 0 Å². The summed E-state index contributed by atoms with van der Waals surface area (Å²) < 4.78 is 0. The minimum Gasteiger partial charge on any atom is -0.296 e. The summed E-state index contributed by atoms with van der Waals surface area (Å²) in [6.07, 6.45) is 0. The standard InChI is InChI=1S/C9H21N.C2H6/c1-7(2)10(8(3)4)9(5)6;1-2/h7-9H,1-6H3;1-2H3. The molecule has 0 aliphatic heterocycles. The molecule has 0 saturated carbocycles. The minimum absolute atomic E-state index is 0.667. The summed E-state index contributed by atoms with van der Waals surface area (Å²) in [5, 5.41) is 0. The van der Waals surface area contributed by atoms with Gasteiger partial charge in [0.25, 0.3) is 0 Å². The van der Waals surface area contributed by atoms with E-state index >= 15 is 0 Å². The highest BCUT2D eigenvalue weighted by atomic mass is 15.2. The Morgan fingerprint density at radius 1 is 0.583 bits per heavy atom. The Labute approximate surface area is 79.2 Å². The average molecular weight is 173 g/mol. The second-order valence-electron chi connectivity index (χ2n) is 3.73. The molecule has 0 heterocycles. The largest absolute Gasteiger partial charge is 0.296 e. The topological polar surface area (TPSA) is 3.24 Å². The third-order valence-corrected chi connectivity index (χ3v) is 1.79. The van der Waals surface area contributed by atoms with Crippen molar-refractivity contribution in [1.29, 1.82) is 0 Å². The van der Waals surface area contributed by atoms with E-state index in [4.69, 9.17) is 0 Å². The Morgan fingerprint density at radius 2 is 0.750 bits per heavy atom. The molecule has 0 radical (unpaired) electrons. The molecule has 0 aliphatic carbocycles. The molecule has 1 heteroatoms. The van der Waals surface area contributed by atoms with Crippen molar-refractivity contribution in [2.75, 3.05) is 0 Å². The molecule has 76 valence electrons. The van der Waals surface area contributed by atoms with E-state index in [9.17, 15) is 0 Å². The molecule has 0 N–H and O–H groups in total. The molecule has 1 nitrogen and oxygen atoms in total. The lowest BCUT2D eigenvalue weighted by Crippen LogP contribution is -2.42. The summed E-state index contributed by atoms with van der Waals surface area (Å²) in [4.78, 5) is 2.50. The predicted octanol–water partition coefficient (Wildman–Crippen LogP) is 3.54. The summed E-state index contributed by atoms with van der Waals surface area (Å²) in [6, 6.07) is 2.00. The highest BCUT2D eigenvalue weighted by Crippen LogP contribution is 2.08. The summed E-state index contributed by atoms with van der Waals surface area (Å²) >= 11 is 0. The summed E-state index contributed by atoms with van der Waals surface area (Å²) in [7, 11) is 0. The molecule has 0 aromatic heterocycles. The van der Waals surface area contributed by atoms with Crippen molar-refractivity contribution < 1.29 is 0 Å². The Balaban J connectivity index is 0. The molecule has 0 spiro atoms. The smallest absolute Gasteiger partial charge is 0.00439 e. The lowest BCUT2D eigenvalue weighted by Gasteiger charge is -2.34. The zero-order valence-corrected chi connectivity index (χ0v) is 10.2. The van der Waals surface area contributed by atoms with Crippen LogP contribution in [0.1, 0.15) is 55.4 Å². The van der Waals surface area contributed by atoms with Gasteiger partial charge in [-0.1, -0.05) is 13.8 Å². The van der Waals surface area contributed by atoms with E-state index in [2.05, 4.69) is 46.4 Å². The van der Waals surface area contributed by atoms with Gasteiger partial charge in [0.1, 0.15) is 0 Å². The van der Waals surface area contributed by atoms with Gasteiger partial charge in [0, 0.05) is 18.1 Å². The van der Waals surface area contributed by atoms with Crippen LogP contribution in [0.25, 0.3) is 0 Å². The zero-order valence-electron chi connectivity index (χ0n) is 10.2. The number of nitrogens with zero attached hydrogens (tertiary/aromatic N) is 1. The first-order valence-corrected chi connectivity index (χ1v) is 5.24. The zero-order chi connectivity index (χ0) is 10.3. The van der Waals surface area contributed by atoms with Crippen LogP contribution in [0.4, 0.5) is 0 Å². The van der Waals surface area contributed by atoms with Crippen LogP contribution < -0.4 is 0 Å². The predicted molar refractivity (Wildman–Crippen MR) is 58.6 cm³/mol. The third kappa shape index (κ3) is 5.59. The van der Waals surface area contributed by atoms with Crippen molar-refractivity contribution in [2.45, 2.75) is 73.5 Å². The monoisotopic (exact) mass is 173 g/mol. The summed E-state index contributed by atoms with van der Waals surface area (Å²) in [6.45, 7) is 17.5. The number of hydrogen-bond acceptors (Lipinski definition) is 1. The molecule has 0 saturated heterocycles. The van der Waals surface area contributed by atoms with Crippen molar-refractivity contribution in [2.24, 2.45) is 0 Å². The molecular formula is C11H27N. The van der Waals surface area contributed by atoms with Crippen LogP contribution in [0.3, 0.4) is 0 Å². The summed E-state index contributed by atoms with van der Waals surface area (Å²) in [5.74, 6) is 0. The Hall–Kier alpha value is -0.0400. The molecule has 0 aromatic carbocycles. The SMILES string of the molecule is CC.CC(C)N(C(C)C)C(C)C. The second-order valence-corrected chi connectivity index (χ2v) is 3.73. The summed E-state index contributed by atoms with van der Waals surface area (Å²) in [5.41, 5.74) is 0. The maximum atomic E-state index is 2.50. The fourth-order valence-corrected chi connectivity index (χ4v) is 1.79. The van der Waals surface area contributed by atoms with Gasteiger partial charge >= 0.3 is 0 Å². The van der Waals surface area contributed by atoms with Gasteiger partial charge in [0.15, 0.2) is 0 Å². The fourth-order valence-electron chi connectivity index (χ4n) is 1.79. The maximum absolute atomic E-state index is 2.50. The van der Waals surface area contributed by atoms with Crippen molar-refractivity contribution in [3.05, 3.63) is 0 Å². The first-order chi connectivity index (χ1) is 5.46. The fraction of sp³-hybridized carbons (Fsp3) is 1.00. The minimum atomic E-state index is 0.667. The molecule has 0 atom stereocenters. The van der Waals surface area contributed by atoms with Crippen molar-refractivity contribution in [3.8, 4) is 0 Å². The van der Waals surface area contributed by atoms with Gasteiger partial charge in [-0.3, -0.25) is 4.90 Å². The maximum Gasteiger partial charge on any atom is 0.00439 e. The van der Waals surface area contributed by atoms with Gasteiger partial charge < -0.3 is 0 Å². The van der Waals surface area contributed by atoms with Crippen LogP contribution in [0.15, 0.2) is 0 Å². The van der Waals surface area contributed by atoms with Crippen LogP contribution in [0, 0.1) is 0 Å². The molecule has 0 aliphatic rings. The molecule has 0 fully saturated rings. The van der Waals surface area contributed by atoms with Crippen LogP contribution in [-0.4, -0.2) is 23.0 Å². The molecule has 0 amide bonds. The Morgan fingerprint density at radius 3 is 0.750 bits per heavy atom. The molecule has 0 bridgehead atoms.